The summed E-state index contributed by atoms with van der Waals surface area (Å²) >= 11 is 0. The van der Waals surface area contributed by atoms with Crippen molar-refractivity contribution in [1.82, 2.24) is 19.8 Å². The molecule has 0 spiro atoms. The lowest BCUT2D eigenvalue weighted by atomic mass is 10.1. The topological polar surface area (TPSA) is 85.1 Å². The Balaban J connectivity index is 2.11. The van der Waals surface area contributed by atoms with Crippen LogP contribution in [0.2, 0.25) is 0 Å². The largest absolute Gasteiger partial charge is 0.329 e. The maximum absolute atomic E-state index is 12.7. The number of hydrogen-bond acceptors (Lipinski definition) is 4. The van der Waals surface area contributed by atoms with Gasteiger partial charge in [0.2, 0.25) is 11.8 Å². The molecule has 130 valence electrons. The standard InChI is InChI=1S/C18H20N4O3/c1-19-11-4-3-6-12-7-5-8-13-16(12)21(2)18(25)22(13)14-9-10-15(23)20-17(14)24/h5,7-8,14,19H,4,9-11H2,1-2H3,(H,20,23,24). The van der Waals surface area contributed by atoms with E-state index in [0.29, 0.717) is 23.9 Å². The lowest BCUT2D eigenvalue weighted by molar-refractivity contribution is -0.135. The van der Waals surface area contributed by atoms with Crippen molar-refractivity contribution >= 4 is 22.8 Å². The van der Waals surface area contributed by atoms with Crippen LogP contribution in [0.15, 0.2) is 23.0 Å². The number of amides is 2. The Hall–Kier alpha value is -2.85. The molecule has 0 bridgehead atoms. The van der Waals surface area contributed by atoms with E-state index in [4.69, 9.17) is 0 Å². The number of nitrogens with one attached hydrogen (secondary N) is 2. The van der Waals surface area contributed by atoms with Gasteiger partial charge >= 0.3 is 5.69 Å². The molecular formula is C18H20N4O3. The monoisotopic (exact) mass is 340 g/mol. The van der Waals surface area contributed by atoms with Gasteiger partial charge in [0.15, 0.2) is 0 Å². The Labute approximate surface area is 145 Å². The first kappa shape index (κ1) is 17.0. The van der Waals surface area contributed by atoms with E-state index in [1.165, 1.54) is 9.13 Å². The van der Waals surface area contributed by atoms with Crippen LogP contribution >= 0.6 is 0 Å². The molecule has 1 saturated heterocycles. The zero-order valence-corrected chi connectivity index (χ0v) is 14.3. The van der Waals surface area contributed by atoms with Crippen LogP contribution in [0.5, 0.6) is 0 Å². The van der Waals surface area contributed by atoms with Gasteiger partial charge in [0, 0.05) is 26.4 Å². The van der Waals surface area contributed by atoms with Crippen LogP contribution in [0, 0.1) is 11.8 Å². The number of para-hydroxylation sites is 1. The summed E-state index contributed by atoms with van der Waals surface area (Å²) in [7, 11) is 3.54. The third kappa shape index (κ3) is 3.08. The number of benzene rings is 1. The Bertz CT molecular complexity index is 958. The van der Waals surface area contributed by atoms with Crippen molar-refractivity contribution in [3.8, 4) is 11.8 Å². The highest BCUT2D eigenvalue weighted by atomic mass is 16.2. The van der Waals surface area contributed by atoms with Crippen LogP contribution < -0.4 is 16.3 Å². The Morgan fingerprint density at radius 2 is 2.12 bits per heavy atom. The van der Waals surface area contributed by atoms with E-state index in [2.05, 4.69) is 22.5 Å². The van der Waals surface area contributed by atoms with Gasteiger partial charge in [-0.15, -0.1) is 0 Å². The molecule has 0 aliphatic carbocycles. The number of nitrogens with zero attached hydrogens (tertiary/aromatic N) is 2. The number of imidazole rings is 1. The number of aryl methyl sites for hydroxylation is 1. The van der Waals surface area contributed by atoms with Crippen molar-refractivity contribution < 1.29 is 9.59 Å². The molecule has 1 aromatic heterocycles. The molecule has 0 saturated carbocycles. The average molecular weight is 340 g/mol. The molecule has 7 nitrogen and oxygen atoms in total. The lowest BCUT2D eigenvalue weighted by Gasteiger charge is -2.21. The van der Waals surface area contributed by atoms with Crippen molar-refractivity contribution in [2.24, 2.45) is 7.05 Å². The van der Waals surface area contributed by atoms with E-state index < -0.39 is 11.9 Å². The molecule has 25 heavy (non-hydrogen) atoms. The van der Waals surface area contributed by atoms with Gasteiger partial charge in [-0.2, -0.15) is 0 Å². The molecule has 3 rings (SSSR count). The Morgan fingerprint density at radius 3 is 2.84 bits per heavy atom. The summed E-state index contributed by atoms with van der Waals surface area (Å²) in [4.78, 5) is 36.3. The molecule has 2 aromatic rings. The minimum Gasteiger partial charge on any atom is -0.319 e. The van der Waals surface area contributed by atoms with E-state index in [-0.39, 0.29) is 18.0 Å². The van der Waals surface area contributed by atoms with E-state index in [0.717, 1.165) is 12.1 Å². The van der Waals surface area contributed by atoms with Gasteiger partial charge in [-0.05, 0) is 25.6 Å². The van der Waals surface area contributed by atoms with E-state index in [9.17, 15) is 14.4 Å². The van der Waals surface area contributed by atoms with Gasteiger partial charge in [-0.25, -0.2) is 4.79 Å². The summed E-state index contributed by atoms with van der Waals surface area (Å²) in [5.74, 6) is 5.46. The van der Waals surface area contributed by atoms with Crippen LogP contribution in [-0.4, -0.2) is 34.5 Å². The molecule has 2 heterocycles. The summed E-state index contributed by atoms with van der Waals surface area (Å²) < 4.78 is 2.98. The average Bonchev–Trinajstić information content (AvgIpc) is 2.84. The number of carbonyl (C=O) groups is 2. The van der Waals surface area contributed by atoms with Gasteiger partial charge in [0.05, 0.1) is 16.6 Å². The minimum atomic E-state index is -0.679. The summed E-state index contributed by atoms with van der Waals surface area (Å²) in [6, 6.07) is 4.82. The summed E-state index contributed by atoms with van der Waals surface area (Å²) in [5, 5.41) is 5.34. The summed E-state index contributed by atoms with van der Waals surface area (Å²) in [6.07, 6.45) is 1.25. The molecule has 2 amide bonds. The number of imide groups is 1. The zero-order valence-electron chi connectivity index (χ0n) is 14.3. The maximum Gasteiger partial charge on any atom is 0.329 e. The molecule has 1 aromatic carbocycles. The second-order valence-corrected chi connectivity index (χ2v) is 6.01. The van der Waals surface area contributed by atoms with Crippen molar-refractivity contribution in [2.75, 3.05) is 13.6 Å². The molecule has 2 N–H and O–H groups in total. The highest BCUT2D eigenvalue weighted by Gasteiger charge is 2.31. The molecule has 1 fully saturated rings. The van der Waals surface area contributed by atoms with E-state index in [1.54, 1.807) is 13.1 Å². The maximum atomic E-state index is 12.7. The first-order valence-corrected chi connectivity index (χ1v) is 8.21. The zero-order chi connectivity index (χ0) is 18.0. The smallest absolute Gasteiger partial charge is 0.319 e. The quantitative estimate of drug-likeness (QED) is 0.477. The van der Waals surface area contributed by atoms with Crippen molar-refractivity contribution in [1.29, 1.82) is 0 Å². The van der Waals surface area contributed by atoms with Gasteiger partial charge in [-0.3, -0.25) is 24.0 Å². The third-order valence-corrected chi connectivity index (χ3v) is 4.35. The Morgan fingerprint density at radius 1 is 1.32 bits per heavy atom. The van der Waals surface area contributed by atoms with Gasteiger partial charge in [0.25, 0.3) is 0 Å². The highest BCUT2D eigenvalue weighted by molar-refractivity contribution is 6.00. The molecule has 7 heteroatoms. The summed E-state index contributed by atoms with van der Waals surface area (Å²) in [6.45, 7) is 0.791. The molecule has 1 aliphatic heterocycles. The molecular weight excluding hydrogens is 320 g/mol. The number of rotatable bonds is 3. The first-order valence-electron chi connectivity index (χ1n) is 8.21. The second-order valence-electron chi connectivity index (χ2n) is 6.01. The Kier molecular flexibility index (Phi) is 4.72. The fraction of sp³-hybridized carbons (Fsp3) is 0.389. The second kappa shape index (κ2) is 6.95. The fourth-order valence-corrected chi connectivity index (χ4v) is 3.11. The molecule has 1 atom stereocenters. The summed E-state index contributed by atoms with van der Waals surface area (Å²) in [5.41, 5.74) is 1.82. The van der Waals surface area contributed by atoms with Crippen LogP contribution in [0.3, 0.4) is 0 Å². The number of hydrogen-bond donors (Lipinski definition) is 2. The van der Waals surface area contributed by atoms with Gasteiger partial charge in [-0.1, -0.05) is 17.9 Å². The van der Waals surface area contributed by atoms with Gasteiger partial charge < -0.3 is 5.32 Å². The number of carbonyl (C=O) groups excluding carboxylic acids is 2. The van der Waals surface area contributed by atoms with Crippen molar-refractivity contribution in [3.05, 3.63) is 34.2 Å². The van der Waals surface area contributed by atoms with Crippen molar-refractivity contribution in [2.45, 2.75) is 25.3 Å². The van der Waals surface area contributed by atoms with Crippen LogP contribution in [0.1, 0.15) is 30.9 Å². The first-order chi connectivity index (χ1) is 12.0. The normalized spacial score (nSPS) is 17.3. The van der Waals surface area contributed by atoms with Crippen molar-refractivity contribution in [3.63, 3.8) is 0 Å². The molecule has 1 unspecified atom stereocenters. The lowest BCUT2D eigenvalue weighted by Crippen LogP contribution is -2.44. The minimum absolute atomic E-state index is 0.225. The van der Waals surface area contributed by atoms with Gasteiger partial charge in [0.1, 0.15) is 6.04 Å². The highest BCUT2D eigenvalue weighted by Crippen LogP contribution is 2.24. The number of aromatic nitrogens is 2. The van der Waals surface area contributed by atoms with Crippen LogP contribution in [-0.2, 0) is 16.6 Å². The predicted molar refractivity (Wildman–Crippen MR) is 94.0 cm³/mol. The number of piperidine rings is 1. The van der Waals surface area contributed by atoms with Crippen LogP contribution in [0.4, 0.5) is 0 Å². The fourth-order valence-electron chi connectivity index (χ4n) is 3.11. The third-order valence-electron chi connectivity index (χ3n) is 4.35. The van der Waals surface area contributed by atoms with E-state index in [1.807, 2.05) is 19.2 Å². The molecule has 0 radical (unpaired) electrons. The van der Waals surface area contributed by atoms with E-state index >= 15 is 0 Å². The predicted octanol–water partition coefficient (Wildman–Crippen LogP) is 0.279. The molecule has 1 aliphatic rings. The van der Waals surface area contributed by atoms with Crippen LogP contribution in [0.25, 0.3) is 11.0 Å². The SMILES string of the molecule is CNCCC#Cc1cccc2c1n(C)c(=O)n2C1CCC(=O)NC1=O. The number of fused-ring (bicyclic) bond motifs is 1.